The first-order valence-electron chi connectivity index (χ1n) is 16.4. The Balaban J connectivity index is 1.61. The van der Waals surface area contributed by atoms with Crippen LogP contribution in [0.4, 0.5) is 11.4 Å². The van der Waals surface area contributed by atoms with Crippen molar-refractivity contribution in [3.05, 3.63) is 78.4 Å². The molecule has 10 heteroatoms. The van der Waals surface area contributed by atoms with E-state index in [-0.39, 0.29) is 49.9 Å². The molecule has 3 unspecified atom stereocenters. The SMILES string of the molecule is C=CCN(C(=O)[C@H]1[C@H]2C(=O)N(CCCCO)C(C(=O)N(CC=C)c3c(C)cccc3Cl)C23CC(C)[C@]1(C)O3)c1ccc(OCC)cc1. The lowest BCUT2D eigenvalue weighted by Gasteiger charge is -2.39. The van der Waals surface area contributed by atoms with Crippen molar-refractivity contribution >= 4 is 40.7 Å². The van der Waals surface area contributed by atoms with Crippen LogP contribution in [0, 0.1) is 24.7 Å². The monoisotopic (exact) mass is 663 g/mol. The lowest BCUT2D eigenvalue weighted by molar-refractivity contribution is -0.145. The number of benzene rings is 2. The van der Waals surface area contributed by atoms with Gasteiger partial charge in [0.15, 0.2) is 0 Å². The lowest BCUT2D eigenvalue weighted by atomic mass is 9.62. The number of anilines is 2. The highest BCUT2D eigenvalue weighted by Gasteiger charge is 2.80. The lowest BCUT2D eigenvalue weighted by Crippen LogP contribution is -2.57. The average molecular weight is 664 g/mol. The van der Waals surface area contributed by atoms with Crippen molar-refractivity contribution in [2.75, 3.05) is 42.6 Å². The topological polar surface area (TPSA) is 99.6 Å². The maximum absolute atomic E-state index is 15.0. The molecule has 1 spiro atoms. The standard InChI is InChI=1S/C37H46ClN3O6/c1-7-19-39(26-15-17-27(18-16-26)46-9-3)33(43)29-30-34(44)41(21-10-11-22-42)32(37(30)23-25(5)36(29,6)47-37)35(45)40(20-8-2)31-24(4)13-12-14-28(31)38/h7-8,12-18,25,29-30,32,42H,1-2,9-11,19-23H2,3-6H3/t25?,29-,30+,32?,36+,37?/m1/s1. The summed E-state index contributed by atoms with van der Waals surface area (Å²) in [6.45, 7) is 16.6. The van der Waals surface area contributed by atoms with E-state index in [0.29, 0.717) is 48.0 Å². The molecule has 6 atom stereocenters. The molecule has 0 aliphatic carbocycles. The zero-order chi connectivity index (χ0) is 34.1. The van der Waals surface area contributed by atoms with Crippen molar-refractivity contribution in [1.82, 2.24) is 4.90 Å². The molecule has 3 aliphatic rings. The fourth-order valence-corrected chi connectivity index (χ4v) is 8.39. The highest BCUT2D eigenvalue weighted by atomic mass is 35.5. The van der Waals surface area contributed by atoms with Gasteiger partial charge in [0, 0.05) is 31.9 Å². The quantitative estimate of drug-likeness (QED) is 0.210. The van der Waals surface area contributed by atoms with Gasteiger partial charge in [-0.3, -0.25) is 14.4 Å². The third-order valence-corrected chi connectivity index (χ3v) is 10.5. The third kappa shape index (κ3) is 5.76. The summed E-state index contributed by atoms with van der Waals surface area (Å²) in [5.41, 5.74) is -0.237. The molecule has 3 amide bonds. The van der Waals surface area contributed by atoms with E-state index in [4.69, 9.17) is 21.1 Å². The molecule has 2 bridgehead atoms. The molecule has 0 saturated carbocycles. The third-order valence-electron chi connectivity index (χ3n) is 10.2. The van der Waals surface area contributed by atoms with E-state index in [1.54, 1.807) is 32.9 Å². The van der Waals surface area contributed by atoms with Crippen LogP contribution >= 0.6 is 11.6 Å². The number of para-hydroxylation sites is 1. The van der Waals surface area contributed by atoms with E-state index in [9.17, 15) is 19.5 Å². The molecule has 9 nitrogen and oxygen atoms in total. The Morgan fingerprint density at radius 2 is 1.79 bits per heavy atom. The number of amides is 3. The number of aliphatic hydroxyl groups excluding tert-OH is 1. The molecule has 3 heterocycles. The van der Waals surface area contributed by atoms with Gasteiger partial charge in [0.25, 0.3) is 5.91 Å². The first-order chi connectivity index (χ1) is 22.5. The smallest absolute Gasteiger partial charge is 0.253 e. The van der Waals surface area contributed by atoms with Crippen molar-refractivity contribution in [2.45, 2.75) is 64.2 Å². The van der Waals surface area contributed by atoms with Gasteiger partial charge in [0.1, 0.15) is 17.4 Å². The summed E-state index contributed by atoms with van der Waals surface area (Å²) in [7, 11) is 0. The minimum Gasteiger partial charge on any atom is -0.494 e. The minimum absolute atomic E-state index is 0.0397. The number of ether oxygens (including phenoxy) is 2. The molecule has 0 aromatic heterocycles. The summed E-state index contributed by atoms with van der Waals surface area (Å²) in [4.78, 5) is 49.3. The van der Waals surface area contributed by atoms with Crippen LogP contribution in [0.1, 0.15) is 45.6 Å². The number of fused-ring (bicyclic) bond motifs is 1. The fraction of sp³-hybridized carbons (Fsp3) is 0.486. The van der Waals surface area contributed by atoms with Crippen molar-refractivity contribution < 1.29 is 29.0 Å². The Kier molecular flexibility index (Phi) is 10.2. The molecular weight excluding hydrogens is 618 g/mol. The van der Waals surface area contributed by atoms with Crippen LogP contribution in [0.5, 0.6) is 5.75 Å². The molecule has 1 N–H and O–H groups in total. The highest BCUT2D eigenvalue weighted by Crippen LogP contribution is 2.65. The first kappa shape index (κ1) is 34.7. The Morgan fingerprint density at radius 3 is 2.40 bits per heavy atom. The highest BCUT2D eigenvalue weighted by molar-refractivity contribution is 6.34. The number of carbonyl (C=O) groups is 3. The summed E-state index contributed by atoms with van der Waals surface area (Å²) >= 11 is 6.69. The van der Waals surface area contributed by atoms with Crippen LogP contribution in [0.25, 0.3) is 0 Å². The molecule has 5 rings (SSSR count). The largest absolute Gasteiger partial charge is 0.494 e. The predicted molar refractivity (Wildman–Crippen MR) is 184 cm³/mol. The van der Waals surface area contributed by atoms with Crippen LogP contribution in [0.2, 0.25) is 5.02 Å². The van der Waals surface area contributed by atoms with Crippen molar-refractivity contribution in [3.8, 4) is 5.75 Å². The van der Waals surface area contributed by atoms with Gasteiger partial charge in [0.05, 0.1) is 34.8 Å². The normalized spacial score (nSPS) is 27.4. The molecule has 3 saturated heterocycles. The Labute approximate surface area is 282 Å². The second kappa shape index (κ2) is 13.8. The molecule has 2 aromatic rings. The summed E-state index contributed by atoms with van der Waals surface area (Å²) < 4.78 is 12.6. The van der Waals surface area contributed by atoms with Crippen LogP contribution in [0.15, 0.2) is 67.8 Å². The number of aliphatic hydroxyl groups is 1. The molecule has 3 fully saturated rings. The second-order valence-electron chi connectivity index (χ2n) is 13.0. The van der Waals surface area contributed by atoms with Crippen molar-refractivity contribution in [3.63, 3.8) is 0 Å². The van der Waals surface area contributed by atoms with E-state index < -0.39 is 29.1 Å². The zero-order valence-corrected chi connectivity index (χ0v) is 28.5. The zero-order valence-electron chi connectivity index (χ0n) is 27.8. The molecule has 2 aromatic carbocycles. The predicted octanol–water partition coefficient (Wildman–Crippen LogP) is 5.57. The number of carbonyl (C=O) groups excluding carboxylic acids is 3. The van der Waals surface area contributed by atoms with Gasteiger partial charge in [0.2, 0.25) is 11.8 Å². The molecule has 3 aliphatic heterocycles. The van der Waals surface area contributed by atoms with E-state index in [1.807, 2.05) is 64.1 Å². The summed E-state index contributed by atoms with van der Waals surface area (Å²) in [5, 5.41) is 9.98. The van der Waals surface area contributed by atoms with Crippen LogP contribution < -0.4 is 14.5 Å². The van der Waals surface area contributed by atoms with Crippen LogP contribution in [-0.2, 0) is 19.1 Å². The van der Waals surface area contributed by atoms with Gasteiger partial charge in [-0.1, -0.05) is 42.8 Å². The van der Waals surface area contributed by atoms with Gasteiger partial charge in [-0.15, -0.1) is 13.2 Å². The number of nitrogens with zero attached hydrogens (tertiary/aromatic N) is 3. The number of aryl methyl sites for hydroxylation is 1. The summed E-state index contributed by atoms with van der Waals surface area (Å²) in [5.74, 6) is -2.04. The van der Waals surface area contributed by atoms with Crippen molar-refractivity contribution in [1.29, 1.82) is 0 Å². The Morgan fingerprint density at radius 1 is 1.11 bits per heavy atom. The molecule has 0 radical (unpaired) electrons. The average Bonchev–Trinajstić information content (AvgIpc) is 3.55. The molecule has 252 valence electrons. The number of rotatable bonds is 14. The Bertz CT molecular complexity index is 1510. The number of hydrogen-bond acceptors (Lipinski definition) is 6. The van der Waals surface area contributed by atoms with Gasteiger partial charge in [-0.25, -0.2) is 0 Å². The first-order valence-corrected chi connectivity index (χ1v) is 16.8. The second-order valence-corrected chi connectivity index (χ2v) is 13.4. The van der Waals surface area contributed by atoms with E-state index >= 15 is 0 Å². The maximum Gasteiger partial charge on any atom is 0.253 e. The van der Waals surface area contributed by atoms with Gasteiger partial charge in [-0.05, 0) is 81.8 Å². The maximum atomic E-state index is 15.0. The summed E-state index contributed by atoms with van der Waals surface area (Å²) in [6.07, 6.45) is 4.68. The number of unbranched alkanes of at least 4 members (excludes halogenated alkanes) is 1. The van der Waals surface area contributed by atoms with E-state index in [1.165, 1.54) is 0 Å². The van der Waals surface area contributed by atoms with Gasteiger partial charge < -0.3 is 29.3 Å². The fourth-order valence-electron chi connectivity index (χ4n) is 8.07. The van der Waals surface area contributed by atoms with Gasteiger partial charge >= 0.3 is 0 Å². The number of hydrogen-bond donors (Lipinski definition) is 1. The van der Waals surface area contributed by atoms with E-state index in [0.717, 1.165) is 5.56 Å². The number of likely N-dealkylation sites (tertiary alicyclic amines) is 1. The molecular formula is C37H46ClN3O6. The van der Waals surface area contributed by atoms with Crippen molar-refractivity contribution in [2.24, 2.45) is 17.8 Å². The van der Waals surface area contributed by atoms with E-state index in [2.05, 4.69) is 13.2 Å². The minimum atomic E-state index is -1.24. The van der Waals surface area contributed by atoms with Gasteiger partial charge in [-0.2, -0.15) is 0 Å². The van der Waals surface area contributed by atoms with Crippen LogP contribution in [0.3, 0.4) is 0 Å². The molecule has 47 heavy (non-hydrogen) atoms. The summed E-state index contributed by atoms with van der Waals surface area (Å²) in [6, 6.07) is 11.7. The number of halogens is 1. The van der Waals surface area contributed by atoms with Crippen LogP contribution in [-0.4, -0.2) is 77.8 Å². The Hall–Kier alpha value is -3.66.